The van der Waals surface area contributed by atoms with Gasteiger partial charge in [0, 0.05) is 12.2 Å². The van der Waals surface area contributed by atoms with Crippen LogP contribution in [-0.4, -0.2) is 37.7 Å². The molecule has 15 heavy (non-hydrogen) atoms. The van der Waals surface area contributed by atoms with Gasteiger partial charge >= 0.3 is 0 Å². The molecule has 0 saturated carbocycles. The predicted molar refractivity (Wildman–Crippen MR) is 60.3 cm³/mol. The summed E-state index contributed by atoms with van der Waals surface area (Å²) >= 11 is 2.95. The Labute approximate surface area is 94.1 Å². The van der Waals surface area contributed by atoms with Crippen LogP contribution in [0.25, 0.3) is 4.96 Å². The van der Waals surface area contributed by atoms with Crippen LogP contribution in [0.5, 0.6) is 0 Å². The largest absolute Gasteiger partial charge is 0.301 e. The van der Waals surface area contributed by atoms with Gasteiger partial charge in [-0.2, -0.15) is 16.3 Å². The highest BCUT2D eigenvalue weighted by Crippen LogP contribution is 2.16. The molecule has 2 aromatic rings. The molecule has 0 atom stereocenters. The minimum Gasteiger partial charge on any atom is -0.301 e. The van der Waals surface area contributed by atoms with Crippen molar-refractivity contribution in [2.24, 2.45) is 0 Å². The van der Waals surface area contributed by atoms with E-state index < -0.39 is 0 Å². The van der Waals surface area contributed by atoms with E-state index in [2.05, 4.69) is 20.6 Å². The van der Waals surface area contributed by atoms with Crippen LogP contribution >= 0.6 is 23.1 Å². The summed E-state index contributed by atoms with van der Waals surface area (Å²) in [6.07, 6.45) is 3.97. The first kappa shape index (κ1) is 10.4. The van der Waals surface area contributed by atoms with Crippen LogP contribution in [0.3, 0.4) is 0 Å². The predicted octanol–water partition coefficient (Wildman–Crippen LogP) is 0.877. The van der Waals surface area contributed by atoms with Crippen molar-refractivity contribution in [3.05, 3.63) is 6.33 Å². The molecule has 0 aliphatic carbocycles. The Morgan fingerprint density at radius 1 is 1.73 bits per heavy atom. The lowest BCUT2D eigenvalue weighted by Gasteiger charge is -1.98. The minimum absolute atomic E-state index is 0.0192. The van der Waals surface area contributed by atoms with Gasteiger partial charge in [-0.15, -0.1) is 15.3 Å². The summed E-state index contributed by atoms with van der Waals surface area (Å²) in [4.78, 5) is 12.0. The molecule has 0 aromatic carbocycles. The van der Waals surface area contributed by atoms with Gasteiger partial charge in [-0.1, -0.05) is 11.3 Å². The number of aromatic nitrogens is 4. The Morgan fingerprint density at radius 2 is 2.60 bits per heavy atom. The van der Waals surface area contributed by atoms with Gasteiger partial charge in [0.25, 0.3) is 0 Å². The van der Waals surface area contributed by atoms with Gasteiger partial charge in [0.15, 0.2) is 0 Å². The standard InChI is InChI=1S/C7H9N5OS2/c1-14-3-2-5(13)9-6-11-12-4-8-10-7(12)15-6/h4H,2-3H2,1H3,(H,9,11,13). The number of nitrogens with one attached hydrogen (secondary N) is 1. The van der Waals surface area contributed by atoms with Gasteiger partial charge in [-0.3, -0.25) is 4.79 Å². The van der Waals surface area contributed by atoms with Crippen molar-refractivity contribution < 1.29 is 4.79 Å². The molecule has 2 rings (SSSR count). The quantitative estimate of drug-likeness (QED) is 0.863. The van der Waals surface area contributed by atoms with Crippen LogP contribution in [0.15, 0.2) is 6.33 Å². The lowest BCUT2D eigenvalue weighted by atomic mass is 10.5. The molecule has 0 radical (unpaired) electrons. The molecule has 0 bridgehead atoms. The van der Waals surface area contributed by atoms with Crippen molar-refractivity contribution in [3.63, 3.8) is 0 Å². The molecule has 2 aromatic heterocycles. The Morgan fingerprint density at radius 3 is 3.33 bits per heavy atom. The summed E-state index contributed by atoms with van der Waals surface area (Å²) in [6.45, 7) is 0. The molecular formula is C7H9N5OS2. The van der Waals surface area contributed by atoms with Gasteiger partial charge in [-0.25, -0.2) is 0 Å². The molecular weight excluding hydrogens is 234 g/mol. The van der Waals surface area contributed by atoms with E-state index in [9.17, 15) is 4.79 Å². The topological polar surface area (TPSA) is 72.2 Å². The van der Waals surface area contributed by atoms with Crippen molar-refractivity contribution in [1.29, 1.82) is 0 Å². The fraction of sp³-hybridized carbons (Fsp3) is 0.429. The Balaban J connectivity index is 2.00. The first-order valence-electron chi connectivity index (χ1n) is 4.25. The normalized spacial score (nSPS) is 10.7. The second-order valence-corrected chi connectivity index (χ2v) is 4.70. The summed E-state index contributed by atoms with van der Waals surface area (Å²) in [5.74, 6) is 0.796. The van der Waals surface area contributed by atoms with Crippen LogP contribution < -0.4 is 5.32 Å². The van der Waals surface area contributed by atoms with Crippen molar-refractivity contribution in [3.8, 4) is 0 Å². The van der Waals surface area contributed by atoms with Crippen LogP contribution in [0.1, 0.15) is 6.42 Å². The van der Waals surface area contributed by atoms with Gasteiger partial charge in [0.1, 0.15) is 6.33 Å². The van der Waals surface area contributed by atoms with E-state index >= 15 is 0 Å². The van der Waals surface area contributed by atoms with E-state index in [1.54, 1.807) is 11.8 Å². The third-order valence-electron chi connectivity index (χ3n) is 1.67. The van der Waals surface area contributed by atoms with Gasteiger partial charge < -0.3 is 5.32 Å². The number of rotatable bonds is 4. The fourth-order valence-corrected chi connectivity index (χ4v) is 2.11. The number of amides is 1. The smallest absolute Gasteiger partial charge is 0.236 e. The van der Waals surface area contributed by atoms with Crippen molar-refractivity contribution in [2.75, 3.05) is 17.3 Å². The SMILES string of the molecule is CSCCC(=O)Nc1nn2cnnc2s1. The van der Waals surface area contributed by atoms with Crippen molar-refractivity contribution in [1.82, 2.24) is 19.8 Å². The molecule has 0 spiro atoms. The summed E-state index contributed by atoms with van der Waals surface area (Å²) in [5, 5.41) is 14.9. The molecule has 80 valence electrons. The van der Waals surface area contributed by atoms with E-state index in [-0.39, 0.29) is 5.91 Å². The second kappa shape index (κ2) is 4.58. The summed E-state index contributed by atoms with van der Waals surface area (Å²) < 4.78 is 1.54. The zero-order chi connectivity index (χ0) is 10.7. The Kier molecular flexibility index (Phi) is 3.17. The first-order chi connectivity index (χ1) is 7.29. The average molecular weight is 243 g/mol. The van der Waals surface area contributed by atoms with Crippen LogP contribution in [0.2, 0.25) is 0 Å². The number of anilines is 1. The molecule has 8 heteroatoms. The molecule has 0 unspecified atom stereocenters. The zero-order valence-corrected chi connectivity index (χ0v) is 9.64. The number of fused-ring (bicyclic) bond motifs is 1. The molecule has 2 heterocycles. The maximum Gasteiger partial charge on any atom is 0.236 e. The molecule has 0 fully saturated rings. The zero-order valence-electron chi connectivity index (χ0n) is 8.01. The highest BCUT2D eigenvalue weighted by molar-refractivity contribution is 7.98. The maximum atomic E-state index is 11.4. The minimum atomic E-state index is -0.0192. The highest BCUT2D eigenvalue weighted by atomic mass is 32.2. The highest BCUT2D eigenvalue weighted by Gasteiger charge is 2.08. The molecule has 1 amide bonds. The van der Waals surface area contributed by atoms with Crippen LogP contribution in [0.4, 0.5) is 5.13 Å². The number of hydrogen-bond donors (Lipinski definition) is 1. The van der Waals surface area contributed by atoms with Crippen molar-refractivity contribution >= 4 is 39.1 Å². The van der Waals surface area contributed by atoms with E-state index in [1.165, 1.54) is 22.2 Å². The molecule has 0 aliphatic heterocycles. The third-order valence-corrected chi connectivity index (χ3v) is 3.11. The number of carbonyl (C=O) groups excluding carboxylic acids is 1. The summed E-state index contributed by atoms with van der Waals surface area (Å²) in [7, 11) is 0. The first-order valence-corrected chi connectivity index (χ1v) is 6.46. The number of nitrogens with zero attached hydrogens (tertiary/aromatic N) is 4. The molecule has 1 N–H and O–H groups in total. The van der Waals surface area contributed by atoms with Gasteiger partial charge in [0.2, 0.25) is 16.0 Å². The number of hydrogen-bond acceptors (Lipinski definition) is 6. The van der Waals surface area contributed by atoms with Crippen LogP contribution in [0, 0.1) is 0 Å². The third kappa shape index (κ3) is 2.45. The average Bonchev–Trinajstić information content (AvgIpc) is 2.74. The molecule has 0 saturated heterocycles. The van der Waals surface area contributed by atoms with E-state index in [0.717, 1.165) is 5.75 Å². The molecule has 0 aliphatic rings. The Hall–Kier alpha value is -1.15. The van der Waals surface area contributed by atoms with E-state index in [0.29, 0.717) is 16.5 Å². The van der Waals surface area contributed by atoms with Crippen molar-refractivity contribution in [2.45, 2.75) is 6.42 Å². The summed E-state index contributed by atoms with van der Waals surface area (Å²) in [5.41, 5.74) is 0. The maximum absolute atomic E-state index is 11.4. The number of carbonyl (C=O) groups is 1. The van der Waals surface area contributed by atoms with Gasteiger partial charge in [0.05, 0.1) is 0 Å². The second-order valence-electron chi connectivity index (χ2n) is 2.76. The lowest BCUT2D eigenvalue weighted by Crippen LogP contribution is -2.12. The monoisotopic (exact) mass is 243 g/mol. The fourth-order valence-electron chi connectivity index (χ4n) is 0.987. The van der Waals surface area contributed by atoms with E-state index in [1.807, 2.05) is 6.26 Å². The Bertz CT molecular complexity index is 436. The summed E-state index contributed by atoms with van der Waals surface area (Å²) in [6, 6.07) is 0. The van der Waals surface area contributed by atoms with Gasteiger partial charge in [-0.05, 0) is 6.26 Å². The lowest BCUT2D eigenvalue weighted by molar-refractivity contribution is -0.115. The molecule has 6 nitrogen and oxygen atoms in total. The number of thioether (sulfide) groups is 1. The van der Waals surface area contributed by atoms with Crippen LogP contribution in [-0.2, 0) is 4.79 Å². The van der Waals surface area contributed by atoms with E-state index in [4.69, 9.17) is 0 Å².